The summed E-state index contributed by atoms with van der Waals surface area (Å²) in [5.74, 6) is 0.401. The third kappa shape index (κ3) is 2.89. The highest BCUT2D eigenvalue weighted by molar-refractivity contribution is 5.85. The largest absolute Gasteiger partial charge is 0.502 e. The van der Waals surface area contributed by atoms with Gasteiger partial charge in [0.1, 0.15) is 5.75 Å². The van der Waals surface area contributed by atoms with E-state index >= 15 is 0 Å². The summed E-state index contributed by atoms with van der Waals surface area (Å²) in [5, 5.41) is 22.5. The third-order valence-corrected chi connectivity index (χ3v) is 4.27. The summed E-state index contributed by atoms with van der Waals surface area (Å²) >= 11 is 0. The molecule has 0 saturated heterocycles. The van der Waals surface area contributed by atoms with Gasteiger partial charge in [0.15, 0.2) is 5.75 Å². The SMILES string of the molecule is COc1ccc2[nH]cc(C(c3cccc([N+](=O)[O-])c3O)N(C)C)c2c1. The maximum Gasteiger partial charge on any atom is 0.311 e. The maximum atomic E-state index is 11.2. The Morgan fingerprint density at radius 2 is 2.00 bits per heavy atom. The Labute approximate surface area is 144 Å². The second kappa shape index (κ2) is 6.45. The standard InChI is InChI=1S/C18H19N3O4/c1-20(2)17(12-5-4-6-16(18(12)22)21(23)24)14-10-19-15-8-7-11(25-3)9-13(14)15/h4-10,17,19,22H,1-3H3. The smallest absolute Gasteiger partial charge is 0.311 e. The zero-order chi connectivity index (χ0) is 18.1. The van der Waals surface area contributed by atoms with Gasteiger partial charge in [0.2, 0.25) is 0 Å². The van der Waals surface area contributed by atoms with Crippen molar-refractivity contribution in [2.45, 2.75) is 6.04 Å². The summed E-state index contributed by atoms with van der Waals surface area (Å²) in [4.78, 5) is 15.7. The first-order valence-corrected chi connectivity index (χ1v) is 7.71. The fourth-order valence-electron chi connectivity index (χ4n) is 3.12. The zero-order valence-electron chi connectivity index (χ0n) is 14.2. The Balaban J connectivity index is 2.22. The molecule has 2 aromatic carbocycles. The summed E-state index contributed by atoms with van der Waals surface area (Å²) < 4.78 is 5.30. The zero-order valence-corrected chi connectivity index (χ0v) is 14.2. The molecule has 0 aliphatic carbocycles. The number of hydrogen-bond donors (Lipinski definition) is 2. The normalized spacial score (nSPS) is 12.5. The molecule has 1 unspecified atom stereocenters. The predicted octanol–water partition coefficient (Wildman–Crippen LogP) is 3.44. The molecule has 3 rings (SSSR count). The van der Waals surface area contributed by atoms with Crippen LogP contribution in [0.15, 0.2) is 42.6 Å². The maximum absolute atomic E-state index is 11.2. The first kappa shape index (κ1) is 16.8. The van der Waals surface area contributed by atoms with Gasteiger partial charge < -0.3 is 14.8 Å². The van der Waals surface area contributed by atoms with Crippen LogP contribution in [0.2, 0.25) is 0 Å². The van der Waals surface area contributed by atoms with E-state index in [1.165, 1.54) is 6.07 Å². The molecular weight excluding hydrogens is 322 g/mol. The number of aromatic hydroxyl groups is 1. The summed E-state index contributed by atoms with van der Waals surface area (Å²) in [5.41, 5.74) is 1.99. The molecule has 0 aliphatic heterocycles. The van der Waals surface area contributed by atoms with Gasteiger partial charge in [-0.25, -0.2) is 0 Å². The lowest BCUT2D eigenvalue weighted by Gasteiger charge is -2.25. The van der Waals surface area contributed by atoms with Gasteiger partial charge in [-0.05, 0) is 37.9 Å². The van der Waals surface area contributed by atoms with Gasteiger partial charge in [0.05, 0.1) is 18.1 Å². The number of ether oxygens (including phenoxy) is 1. The number of benzene rings is 2. The molecule has 0 radical (unpaired) electrons. The molecule has 25 heavy (non-hydrogen) atoms. The number of rotatable bonds is 5. The van der Waals surface area contributed by atoms with E-state index in [1.807, 2.05) is 43.4 Å². The first-order chi connectivity index (χ1) is 11.9. The van der Waals surface area contributed by atoms with Crippen molar-refractivity contribution in [3.05, 3.63) is 63.8 Å². The van der Waals surface area contributed by atoms with Gasteiger partial charge in [-0.3, -0.25) is 15.0 Å². The van der Waals surface area contributed by atoms with Crippen LogP contribution in [0.5, 0.6) is 11.5 Å². The van der Waals surface area contributed by atoms with Crippen molar-refractivity contribution in [2.24, 2.45) is 0 Å². The number of phenols is 1. The highest BCUT2D eigenvalue weighted by atomic mass is 16.6. The fourth-order valence-corrected chi connectivity index (χ4v) is 3.12. The second-order valence-corrected chi connectivity index (χ2v) is 5.99. The summed E-state index contributed by atoms with van der Waals surface area (Å²) in [7, 11) is 5.33. The number of phenolic OH excluding ortho intramolecular Hbond substituents is 1. The van der Waals surface area contributed by atoms with E-state index in [4.69, 9.17) is 4.74 Å². The highest BCUT2D eigenvalue weighted by Crippen LogP contribution is 2.40. The molecule has 0 bridgehead atoms. The lowest BCUT2D eigenvalue weighted by molar-refractivity contribution is -0.386. The van der Waals surface area contributed by atoms with Crippen molar-refractivity contribution in [1.82, 2.24) is 9.88 Å². The number of hydrogen-bond acceptors (Lipinski definition) is 5. The lowest BCUT2D eigenvalue weighted by Crippen LogP contribution is -2.21. The molecule has 130 valence electrons. The average molecular weight is 341 g/mol. The van der Waals surface area contributed by atoms with Crippen LogP contribution in [0.3, 0.4) is 0 Å². The van der Waals surface area contributed by atoms with Gasteiger partial charge in [-0.2, -0.15) is 0 Å². The Morgan fingerprint density at radius 3 is 2.64 bits per heavy atom. The molecule has 0 fully saturated rings. The molecule has 0 aliphatic rings. The van der Waals surface area contributed by atoms with Gasteiger partial charge in [-0.1, -0.05) is 12.1 Å². The number of H-pyrrole nitrogens is 1. The van der Waals surface area contributed by atoms with E-state index in [2.05, 4.69) is 4.98 Å². The molecule has 7 nitrogen and oxygen atoms in total. The van der Waals surface area contributed by atoms with Crippen LogP contribution in [-0.4, -0.2) is 41.1 Å². The Hall–Kier alpha value is -3.06. The summed E-state index contributed by atoms with van der Waals surface area (Å²) in [6, 6.07) is 9.90. The minimum atomic E-state index is -0.580. The van der Waals surface area contributed by atoms with E-state index in [9.17, 15) is 15.2 Å². The molecule has 7 heteroatoms. The summed E-state index contributed by atoms with van der Waals surface area (Å²) in [6.45, 7) is 0. The van der Waals surface area contributed by atoms with Crippen molar-refractivity contribution < 1.29 is 14.8 Å². The number of nitrogens with one attached hydrogen (secondary N) is 1. The molecule has 1 aromatic heterocycles. The molecule has 1 atom stereocenters. The van der Waals surface area contributed by atoms with E-state index in [0.717, 1.165) is 16.5 Å². The van der Waals surface area contributed by atoms with E-state index < -0.39 is 4.92 Å². The Morgan fingerprint density at radius 1 is 1.24 bits per heavy atom. The fraction of sp³-hybridized carbons (Fsp3) is 0.222. The molecule has 0 saturated carbocycles. The van der Waals surface area contributed by atoms with Crippen molar-refractivity contribution in [3.63, 3.8) is 0 Å². The molecular formula is C18H19N3O4. The number of methoxy groups -OCH3 is 1. The number of fused-ring (bicyclic) bond motifs is 1. The minimum Gasteiger partial charge on any atom is -0.502 e. The number of nitrogens with zero attached hydrogens (tertiary/aromatic N) is 2. The molecule has 1 heterocycles. The number of aromatic amines is 1. The van der Waals surface area contributed by atoms with Crippen LogP contribution >= 0.6 is 0 Å². The monoisotopic (exact) mass is 341 g/mol. The topological polar surface area (TPSA) is 91.6 Å². The second-order valence-electron chi connectivity index (χ2n) is 5.99. The van der Waals surface area contributed by atoms with Gasteiger partial charge in [-0.15, -0.1) is 0 Å². The predicted molar refractivity (Wildman–Crippen MR) is 95.1 cm³/mol. The van der Waals surface area contributed by atoms with Crippen LogP contribution in [-0.2, 0) is 0 Å². The minimum absolute atomic E-state index is 0.304. The van der Waals surface area contributed by atoms with E-state index in [0.29, 0.717) is 11.3 Å². The molecule has 0 spiro atoms. The van der Waals surface area contributed by atoms with Gasteiger partial charge in [0, 0.05) is 28.7 Å². The lowest BCUT2D eigenvalue weighted by atomic mass is 9.95. The first-order valence-electron chi connectivity index (χ1n) is 7.71. The van der Waals surface area contributed by atoms with Gasteiger partial charge in [0.25, 0.3) is 0 Å². The Bertz CT molecular complexity index is 933. The van der Waals surface area contributed by atoms with Crippen molar-refractivity contribution in [2.75, 3.05) is 21.2 Å². The molecule has 3 aromatic rings. The van der Waals surface area contributed by atoms with Gasteiger partial charge >= 0.3 is 5.69 Å². The van der Waals surface area contributed by atoms with Crippen LogP contribution in [0.25, 0.3) is 10.9 Å². The van der Waals surface area contributed by atoms with Crippen molar-refractivity contribution in [1.29, 1.82) is 0 Å². The molecule has 2 N–H and O–H groups in total. The van der Waals surface area contributed by atoms with Crippen LogP contribution in [0, 0.1) is 10.1 Å². The Kier molecular flexibility index (Phi) is 4.33. The number of nitro groups is 1. The summed E-state index contributed by atoms with van der Waals surface area (Å²) in [6.07, 6.45) is 1.85. The van der Waals surface area contributed by atoms with Crippen molar-refractivity contribution >= 4 is 16.6 Å². The van der Waals surface area contributed by atoms with Crippen LogP contribution in [0.1, 0.15) is 17.2 Å². The number of para-hydroxylation sites is 1. The third-order valence-electron chi connectivity index (χ3n) is 4.27. The number of aromatic nitrogens is 1. The van der Waals surface area contributed by atoms with Crippen molar-refractivity contribution in [3.8, 4) is 11.5 Å². The highest BCUT2D eigenvalue weighted by Gasteiger charge is 2.27. The molecule has 0 amide bonds. The van der Waals surface area contributed by atoms with Crippen LogP contribution < -0.4 is 4.74 Å². The van der Waals surface area contributed by atoms with E-state index in [1.54, 1.807) is 19.2 Å². The van der Waals surface area contributed by atoms with Crippen LogP contribution in [0.4, 0.5) is 5.69 Å². The average Bonchev–Trinajstić information content (AvgIpc) is 2.99. The number of nitro benzene ring substituents is 1. The van der Waals surface area contributed by atoms with E-state index in [-0.39, 0.29) is 17.5 Å². The quantitative estimate of drug-likeness (QED) is 0.548.